The van der Waals surface area contributed by atoms with E-state index in [0.29, 0.717) is 16.3 Å². The van der Waals surface area contributed by atoms with Gasteiger partial charge >= 0.3 is 5.97 Å². The number of esters is 1. The molecule has 3 heterocycles. The second-order valence-corrected chi connectivity index (χ2v) is 8.08. The van der Waals surface area contributed by atoms with Crippen LogP contribution in [0.15, 0.2) is 35.7 Å². The zero-order chi connectivity index (χ0) is 20.4. The lowest BCUT2D eigenvalue weighted by Crippen LogP contribution is -2.16. The fourth-order valence-corrected chi connectivity index (χ4v) is 4.43. The number of carbonyl (C=O) groups excluding carboxylic acids is 2. The number of ether oxygens (including phenoxy) is 1. The highest BCUT2D eigenvalue weighted by molar-refractivity contribution is 7.12. The van der Waals surface area contributed by atoms with E-state index < -0.39 is 5.97 Å². The average molecular weight is 410 g/mol. The minimum Gasteiger partial charge on any atom is -0.465 e. The minimum atomic E-state index is -0.459. The van der Waals surface area contributed by atoms with Crippen LogP contribution in [0.25, 0.3) is 11.4 Å². The smallest absolute Gasteiger partial charge is 0.350 e. The zero-order valence-electron chi connectivity index (χ0n) is 16.5. The van der Waals surface area contributed by atoms with Gasteiger partial charge in [0.1, 0.15) is 16.4 Å². The summed E-state index contributed by atoms with van der Waals surface area (Å²) in [7, 11) is 1.33. The highest BCUT2D eigenvalue weighted by Gasteiger charge is 2.25. The van der Waals surface area contributed by atoms with E-state index in [1.54, 1.807) is 11.4 Å². The van der Waals surface area contributed by atoms with Gasteiger partial charge in [0.25, 0.3) is 5.91 Å². The molecule has 0 aliphatic carbocycles. The number of fused-ring (bicyclic) bond motifs is 1. The van der Waals surface area contributed by atoms with Gasteiger partial charge in [-0.05, 0) is 37.6 Å². The molecule has 29 heavy (non-hydrogen) atoms. The number of aryl methyl sites for hydroxylation is 1. The molecule has 150 valence electrons. The number of carbonyl (C=O) groups is 2. The summed E-state index contributed by atoms with van der Waals surface area (Å²) in [4.78, 5) is 30.2. The summed E-state index contributed by atoms with van der Waals surface area (Å²) < 4.78 is 6.98. The van der Waals surface area contributed by atoms with Gasteiger partial charge in [0.2, 0.25) is 0 Å². The van der Waals surface area contributed by atoms with Crippen molar-refractivity contribution in [3.63, 3.8) is 0 Å². The maximum Gasteiger partial charge on any atom is 0.350 e. The van der Waals surface area contributed by atoms with Crippen molar-refractivity contribution in [3.05, 3.63) is 57.5 Å². The fraction of sp³-hybridized carbons (Fsp3) is 0.318. The van der Waals surface area contributed by atoms with E-state index in [-0.39, 0.29) is 5.91 Å². The van der Waals surface area contributed by atoms with Crippen LogP contribution < -0.4 is 5.32 Å². The fourth-order valence-electron chi connectivity index (χ4n) is 3.66. The molecule has 7 heteroatoms. The molecule has 0 spiro atoms. The van der Waals surface area contributed by atoms with Crippen LogP contribution in [0.4, 0.5) is 5.69 Å². The number of thiophene rings is 1. The molecule has 0 bridgehead atoms. The van der Waals surface area contributed by atoms with Crippen molar-refractivity contribution in [1.82, 2.24) is 9.55 Å². The molecule has 1 aliphatic heterocycles. The number of methoxy groups -OCH3 is 1. The van der Waals surface area contributed by atoms with E-state index in [1.807, 2.05) is 12.1 Å². The molecule has 0 saturated carbocycles. The van der Waals surface area contributed by atoms with Gasteiger partial charge in [0, 0.05) is 12.1 Å². The van der Waals surface area contributed by atoms with Crippen LogP contribution in [-0.4, -0.2) is 28.5 Å². The summed E-state index contributed by atoms with van der Waals surface area (Å²) in [5.41, 5.74) is 4.04. The quantitative estimate of drug-likeness (QED) is 0.635. The standard InChI is InChI=1S/C22H23N3O3S/c1-14-7-9-15(10-8-14)20-24-18(17-6-4-3-5-12-25(17)20)21(26)23-16-11-13-29-19(16)22(27)28-2/h7-11,13H,3-6,12H2,1-2H3,(H,23,26). The predicted molar refractivity (Wildman–Crippen MR) is 114 cm³/mol. The Bertz CT molecular complexity index is 1050. The number of amides is 1. The van der Waals surface area contributed by atoms with Crippen LogP contribution in [0.5, 0.6) is 0 Å². The summed E-state index contributed by atoms with van der Waals surface area (Å²) in [6.07, 6.45) is 4.05. The molecular weight excluding hydrogens is 386 g/mol. The van der Waals surface area contributed by atoms with Crippen molar-refractivity contribution in [2.45, 2.75) is 39.2 Å². The van der Waals surface area contributed by atoms with E-state index in [9.17, 15) is 9.59 Å². The SMILES string of the molecule is COC(=O)c1sccc1NC(=O)c1nc(-c2ccc(C)cc2)n2c1CCCCC2. The number of aromatic nitrogens is 2. The lowest BCUT2D eigenvalue weighted by atomic mass is 10.1. The second-order valence-electron chi connectivity index (χ2n) is 7.17. The Morgan fingerprint density at radius 2 is 1.93 bits per heavy atom. The Hall–Kier alpha value is -2.93. The molecule has 1 amide bonds. The molecule has 0 saturated heterocycles. The first-order chi connectivity index (χ1) is 14.1. The molecule has 6 nitrogen and oxygen atoms in total. The largest absolute Gasteiger partial charge is 0.465 e. The lowest BCUT2D eigenvalue weighted by Gasteiger charge is -2.09. The van der Waals surface area contributed by atoms with Gasteiger partial charge in [-0.1, -0.05) is 36.2 Å². The van der Waals surface area contributed by atoms with Crippen LogP contribution in [0, 0.1) is 6.92 Å². The molecule has 1 aliphatic rings. The van der Waals surface area contributed by atoms with Gasteiger partial charge in [-0.3, -0.25) is 4.79 Å². The second kappa shape index (κ2) is 8.21. The first-order valence-electron chi connectivity index (χ1n) is 9.72. The lowest BCUT2D eigenvalue weighted by molar-refractivity contribution is 0.0607. The van der Waals surface area contributed by atoms with E-state index in [2.05, 4.69) is 28.9 Å². The molecule has 1 aromatic carbocycles. The maximum absolute atomic E-state index is 13.1. The Labute approximate surface area is 173 Å². The van der Waals surface area contributed by atoms with Crippen LogP contribution in [0.1, 0.15) is 50.7 Å². The zero-order valence-corrected chi connectivity index (χ0v) is 17.3. The Morgan fingerprint density at radius 3 is 2.69 bits per heavy atom. The monoisotopic (exact) mass is 409 g/mol. The van der Waals surface area contributed by atoms with Crippen LogP contribution in [0.2, 0.25) is 0 Å². The summed E-state index contributed by atoms with van der Waals surface area (Å²) in [5, 5.41) is 4.62. The number of imidazole rings is 1. The number of nitrogens with one attached hydrogen (secondary N) is 1. The Balaban J connectivity index is 1.72. The van der Waals surface area contributed by atoms with Crippen molar-refractivity contribution in [2.75, 3.05) is 12.4 Å². The van der Waals surface area contributed by atoms with E-state index in [4.69, 9.17) is 9.72 Å². The topological polar surface area (TPSA) is 73.2 Å². The first kappa shape index (κ1) is 19.4. The molecule has 1 N–H and O–H groups in total. The van der Waals surface area contributed by atoms with Gasteiger partial charge in [-0.2, -0.15) is 0 Å². The summed E-state index contributed by atoms with van der Waals surface area (Å²) in [6.45, 7) is 2.90. The van der Waals surface area contributed by atoms with Crippen molar-refractivity contribution in [1.29, 1.82) is 0 Å². The predicted octanol–water partition coefficient (Wildman–Crippen LogP) is 4.69. The molecule has 2 aromatic heterocycles. The third-order valence-corrected chi connectivity index (χ3v) is 6.07. The molecule has 0 atom stereocenters. The Kier molecular flexibility index (Phi) is 5.49. The number of nitrogens with zero attached hydrogens (tertiary/aromatic N) is 2. The summed E-state index contributed by atoms with van der Waals surface area (Å²) >= 11 is 1.24. The van der Waals surface area contributed by atoms with Gasteiger partial charge in [0.05, 0.1) is 18.5 Å². The molecule has 3 aromatic rings. The highest BCUT2D eigenvalue weighted by Crippen LogP contribution is 2.29. The molecule has 0 unspecified atom stereocenters. The molecule has 4 rings (SSSR count). The van der Waals surface area contributed by atoms with Gasteiger partial charge in [-0.15, -0.1) is 11.3 Å². The van der Waals surface area contributed by atoms with E-state index >= 15 is 0 Å². The number of rotatable bonds is 4. The maximum atomic E-state index is 13.1. The van der Waals surface area contributed by atoms with Gasteiger partial charge in [-0.25, -0.2) is 9.78 Å². The normalized spacial score (nSPS) is 13.4. The minimum absolute atomic E-state index is 0.294. The van der Waals surface area contributed by atoms with Crippen molar-refractivity contribution < 1.29 is 14.3 Å². The Morgan fingerprint density at radius 1 is 1.14 bits per heavy atom. The number of anilines is 1. The highest BCUT2D eigenvalue weighted by atomic mass is 32.1. The van der Waals surface area contributed by atoms with Crippen molar-refractivity contribution in [3.8, 4) is 11.4 Å². The molecule has 0 radical (unpaired) electrons. The molecule has 0 fully saturated rings. The van der Waals surface area contributed by atoms with Crippen molar-refractivity contribution in [2.24, 2.45) is 0 Å². The third-order valence-electron chi connectivity index (χ3n) is 5.18. The number of hydrogen-bond donors (Lipinski definition) is 1. The number of benzene rings is 1. The van der Waals surface area contributed by atoms with Crippen LogP contribution in [-0.2, 0) is 17.7 Å². The average Bonchev–Trinajstić information content (AvgIpc) is 3.25. The van der Waals surface area contributed by atoms with Crippen LogP contribution >= 0.6 is 11.3 Å². The van der Waals surface area contributed by atoms with Crippen LogP contribution in [0.3, 0.4) is 0 Å². The third kappa shape index (κ3) is 3.82. The summed E-state index contributed by atoms with van der Waals surface area (Å²) in [6, 6.07) is 9.92. The van der Waals surface area contributed by atoms with E-state index in [0.717, 1.165) is 49.3 Å². The number of hydrogen-bond acceptors (Lipinski definition) is 5. The van der Waals surface area contributed by atoms with Gasteiger partial charge in [0.15, 0.2) is 0 Å². The molecular formula is C22H23N3O3S. The van der Waals surface area contributed by atoms with Crippen molar-refractivity contribution >= 4 is 28.9 Å². The van der Waals surface area contributed by atoms with Gasteiger partial charge < -0.3 is 14.6 Å². The first-order valence-corrected chi connectivity index (χ1v) is 10.6. The van der Waals surface area contributed by atoms with E-state index in [1.165, 1.54) is 24.0 Å². The summed E-state index contributed by atoms with van der Waals surface area (Å²) in [5.74, 6) is 0.0717.